The third-order valence-corrected chi connectivity index (χ3v) is 4.65. The largest absolute Gasteiger partial charge is 0.364 e. The summed E-state index contributed by atoms with van der Waals surface area (Å²) < 4.78 is 7.96. The Kier molecular flexibility index (Phi) is 5.30. The Morgan fingerprint density at radius 3 is 2.88 bits per heavy atom. The number of carbonyl (C=O) groups is 1. The summed E-state index contributed by atoms with van der Waals surface area (Å²) in [5.74, 6) is 1.08. The molecule has 5 nitrogen and oxygen atoms in total. The van der Waals surface area contributed by atoms with Crippen molar-refractivity contribution in [1.82, 2.24) is 14.5 Å². The van der Waals surface area contributed by atoms with E-state index in [2.05, 4.69) is 9.55 Å². The number of carbonyl (C=O) groups excluding carboxylic acids is 1. The molecular weight excluding hydrogens is 302 g/mol. The highest BCUT2D eigenvalue weighted by Gasteiger charge is 2.28. The molecule has 1 amide bonds. The summed E-state index contributed by atoms with van der Waals surface area (Å²) in [5.41, 5.74) is 1.09. The first kappa shape index (κ1) is 16.7. The van der Waals surface area contributed by atoms with Gasteiger partial charge in [-0.05, 0) is 32.3 Å². The van der Waals surface area contributed by atoms with Gasteiger partial charge < -0.3 is 14.2 Å². The molecule has 24 heavy (non-hydrogen) atoms. The summed E-state index contributed by atoms with van der Waals surface area (Å²) in [7, 11) is 0. The number of aromatic nitrogens is 2. The van der Waals surface area contributed by atoms with Crippen molar-refractivity contribution in [2.75, 3.05) is 13.1 Å². The van der Waals surface area contributed by atoms with Crippen molar-refractivity contribution in [2.24, 2.45) is 0 Å². The lowest BCUT2D eigenvalue weighted by Crippen LogP contribution is -2.45. The zero-order valence-electron chi connectivity index (χ0n) is 14.4. The summed E-state index contributed by atoms with van der Waals surface area (Å²) in [6.07, 6.45) is 5.50. The van der Waals surface area contributed by atoms with Crippen molar-refractivity contribution in [2.45, 2.75) is 45.4 Å². The molecule has 1 aromatic heterocycles. The topological polar surface area (TPSA) is 47.4 Å². The van der Waals surface area contributed by atoms with Crippen LogP contribution in [0.2, 0.25) is 0 Å². The highest BCUT2D eigenvalue weighted by atomic mass is 16.5. The van der Waals surface area contributed by atoms with E-state index in [0.29, 0.717) is 12.6 Å². The van der Waals surface area contributed by atoms with Gasteiger partial charge in [0.15, 0.2) is 0 Å². The van der Waals surface area contributed by atoms with Crippen molar-refractivity contribution in [3.63, 3.8) is 0 Å². The van der Waals surface area contributed by atoms with Gasteiger partial charge in [-0.3, -0.25) is 4.79 Å². The van der Waals surface area contributed by atoms with E-state index in [4.69, 9.17) is 4.74 Å². The van der Waals surface area contributed by atoms with Crippen molar-refractivity contribution in [1.29, 1.82) is 0 Å². The molecule has 0 spiro atoms. The van der Waals surface area contributed by atoms with E-state index in [-0.39, 0.29) is 5.91 Å². The van der Waals surface area contributed by atoms with Gasteiger partial charge in [-0.25, -0.2) is 4.98 Å². The molecule has 1 aromatic carbocycles. The molecule has 0 bridgehead atoms. The van der Waals surface area contributed by atoms with Crippen LogP contribution in [-0.4, -0.2) is 39.6 Å². The number of amides is 1. The minimum Gasteiger partial charge on any atom is -0.364 e. The van der Waals surface area contributed by atoms with Gasteiger partial charge >= 0.3 is 0 Å². The van der Waals surface area contributed by atoms with Crippen LogP contribution in [0.3, 0.4) is 0 Å². The van der Waals surface area contributed by atoms with Crippen molar-refractivity contribution in [3.8, 4) is 0 Å². The van der Waals surface area contributed by atoms with Gasteiger partial charge in [-0.15, -0.1) is 0 Å². The number of imidazole rings is 1. The maximum Gasteiger partial charge on any atom is 0.251 e. The van der Waals surface area contributed by atoms with Crippen LogP contribution in [0.5, 0.6) is 0 Å². The van der Waals surface area contributed by atoms with E-state index in [9.17, 15) is 4.79 Å². The average molecular weight is 327 g/mol. The molecule has 1 aliphatic rings. The molecule has 0 N–H and O–H groups in total. The van der Waals surface area contributed by atoms with Crippen LogP contribution < -0.4 is 0 Å². The predicted molar refractivity (Wildman–Crippen MR) is 92.5 cm³/mol. The molecule has 1 aliphatic heterocycles. The summed E-state index contributed by atoms with van der Waals surface area (Å²) in [6, 6.07) is 10.3. The normalized spacial score (nSPS) is 19.2. The Balaban J connectivity index is 1.56. The third kappa shape index (κ3) is 3.85. The summed E-state index contributed by atoms with van der Waals surface area (Å²) in [6.45, 7) is 5.85. The summed E-state index contributed by atoms with van der Waals surface area (Å²) in [5, 5.41) is 0. The first-order valence-corrected chi connectivity index (χ1v) is 8.59. The number of likely N-dealkylation sites (tertiary alicyclic amines) is 1. The molecule has 1 fully saturated rings. The molecule has 2 unspecified atom stereocenters. The summed E-state index contributed by atoms with van der Waals surface area (Å²) in [4.78, 5) is 18.9. The Hall–Kier alpha value is -2.14. The fraction of sp³-hybridized carbons (Fsp3) is 0.474. The number of hydrogen-bond donors (Lipinski definition) is 0. The maximum absolute atomic E-state index is 12.7. The van der Waals surface area contributed by atoms with Crippen LogP contribution >= 0.6 is 0 Å². The molecule has 0 radical (unpaired) electrons. The SMILES string of the molecule is Cc1nccn1C1CCCN(C(=O)C(C)OCc2ccccc2)C1. The Bertz CT molecular complexity index is 668. The van der Waals surface area contributed by atoms with Gasteiger partial charge in [0, 0.05) is 25.5 Å². The zero-order chi connectivity index (χ0) is 16.9. The second-order valence-corrected chi connectivity index (χ2v) is 6.40. The molecule has 128 valence electrons. The lowest BCUT2D eigenvalue weighted by atomic mass is 10.0. The molecule has 0 saturated carbocycles. The number of ether oxygens (including phenoxy) is 1. The quantitative estimate of drug-likeness (QED) is 0.848. The average Bonchev–Trinajstić information content (AvgIpc) is 3.06. The molecule has 3 rings (SSSR count). The standard InChI is InChI=1S/C19H25N3O2/c1-15(24-14-17-7-4-3-5-8-17)19(23)21-11-6-9-18(13-21)22-12-10-20-16(22)2/h3-5,7-8,10,12,15,18H,6,9,11,13-14H2,1-2H3. The molecule has 0 aliphatic carbocycles. The number of hydrogen-bond acceptors (Lipinski definition) is 3. The van der Waals surface area contributed by atoms with Gasteiger partial charge in [0.1, 0.15) is 11.9 Å². The van der Waals surface area contributed by atoms with Gasteiger partial charge in [-0.2, -0.15) is 0 Å². The molecule has 5 heteroatoms. The van der Waals surface area contributed by atoms with Crippen molar-refractivity contribution < 1.29 is 9.53 Å². The third-order valence-electron chi connectivity index (χ3n) is 4.65. The molecule has 1 saturated heterocycles. The number of rotatable bonds is 5. The van der Waals surface area contributed by atoms with E-state index in [1.807, 2.05) is 61.5 Å². The van der Waals surface area contributed by atoms with Crippen molar-refractivity contribution in [3.05, 3.63) is 54.1 Å². The highest BCUT2D eigenvalue weighted by Crippen LogP contribution is 2.23. The van der Waals surface area contributed by atoms with Crippen LogP contribution in [0.25, 0.3) is 0 Å². The van der Waals surface area contributed by atoms with Gasteiger partial charge in [0.2, 0.25) is 0 Å². The Morgan fingerprint density at radius 1 is 1.38 bits per heavy atom. The smallest absolute Gasteiger partial charge is 0.251 e. The molecular formula is C19H25N3O2. The Morgan fingerprint density at radius 2 is 2.17 bits per heavy atom. The lowest BCUT2D eigenvalue weighted by Gasteiger charge is -2.35. The number of benzene rings is 1. The van der Waals surface area contributed by atoms with Crippen LogP contribution in [0.1, 0.15) is 37.2 Å². The fourth-order valence-electron chi connectivity index (χ4n) is 3.28. The summed E-state index contributed by atoms with van der Waals surface area (Å²) >= 11 is 0. The Labute approximate surface area is 143 Å². The van der Waals surface area contributed by atoms with E-state index in [1.54, 1.807) is 0 Å². The first-order chi connectivity index (χ1) is 11.6. The second kappa shape index (κ2) is 7.62. The van der Waals surface area contributed by atoms with Crippen LogP contribution in [0.4, 0.5) is 0 Å². The molecule has 2 heterocycles. The monoisotopic (exact) mass is 327 g/mol. The fourth-order valence-corrected chi connectivity index (χ4v) is 3.28. The lowest BCUT2D eigenvalue weighted by molar-refractivity contribution is -0.145. The highest BCUT2D eigenvalue weighted by molar-refractivity contribution is 5.80. The second-order valence-electron chi connectivity index (χ2n) is 6.40. The zero-order valence-corrected chi connectivity index (χ0v) is 14.4. The predicted octanol–water partition coefficient (Wildman–Crippen LogP) is 2.96. The molecule has 2 aromatic rings. The minimum atomic E-state index is -0.423. The first-order valence-electron chi connectivity index (χ1n) is 8.59. The van der Waals surface area contributed by atoms with Crippen LogP contribution in [0, 0.1) is 6.92 Å². The van der Waals surface area contributed by atoms with Crippen LogP contribution in [0.15, 0.2) is 42.7 Å². The van der Waals surface area contributed by atoms with E-state index in [0.717, 1.165) is 37.3 Å². The maximum atomic E-state index is 12.7. The van der Waals surface area contributed by atoms with E-state index >= 15 is 0 Å². The number of nitrogens with zero attached hydrogens (tertiary/aromatic N) is 3. The van der Waals surface area contributed by atoms with Gasteiger partial charge in [0.25, 0.3) is 5.91 Å². The van der Waals surface area contributed by atoms with Gasteiger partial charge in [0.05, 0.1) is 12.6 Å². The van der Waals surface area contributed by atoms with Gasteiger partial charge in [-0.1, -0.05) is 30.3 Å². The number of piperidine rings is 1. The van der Waals surface area contributed by atoms with Crippen LogP contribution in [-0.2, 0) is 16.1 Å². The van der Waals surface area contributed by atoms with E-state index in [1.165, 1.54) is 0 Å². The van der Waals surface area contributed by atoms with Crippen molar-refractivity contribution >= 4 is 5.91 Å². The molecule has 2 atom stereocenters. The minimum absolute atomic E-state index is 0.0772. The number of aryl methyl sites for hydroxylation is 1. The van der Waals surface area contributed by atoms with E-state index < -0.39 is 6.10 Å².